The monoisotopic (exact) mass is 248 g/mol. The van der Waals surface area contributed by atoms with Crippen LogP contribution in [0, 0.1) is 12.8 Å². The Labute approximate surface area is 108 Å². The molecular weight excluding hydrogens is 228 g/mol. The third-order valence-corrected chi connectivity index (χ3v) is 3.70. The predicted octanol–water partition coefficient (Wildman–Crippen LogP) is 2.92. The summed E-state index contributed by atoms with van der Waals surface area (Å²) in [5.74, 6) is 2.26. The molecule has 18 heavy (non-hydrogen) atoms. The van der Waals surface area contributed by atoms with E-state index in [1.54, 1.807) is 14.2 Å². The van der Waals surface area contributed by atoms with Crippen LogP contribution < -0.4 is 9.47 Å². The summed E-state index contributed by atoms with van der Waals surface area (Å²) in [7, 11) is 3.33. The largest absolute Gasteiger partial charge is 0.496 e. The van der Waals surface area contributed by atoms with E-state index in [2.05, 4.69) is 0 Å². The first kappa shape index (κ1) is 12.9. The maximum Gasteiger partial charge on any atom is 0.136 e. The molecule has 3 nitrogen and oxygen atoms in total. The first-order valence-corrected chi connectivity index (χ1v) is 6.40. The number of benzene rings is 1. The molecule has 2 rings (SSSR count). The van der Waals surface area contributed by atoms with Crippen LogP contribution in [0.2, 0.25) is 0 Å². The van der Waals surface area contributed by atoms with Crippen molar-refractivity contribution in [1.29, 1.82) is 0 Å². The number of aryl methyl sites for hydroxylation is 1. The van der Waals surface area contributed by atoms with Crippen molar-refractivity contribution < 1.29 is 14.3 Å². The van der Waals surface area contributed by atoms with Gasteiger partial charge in [-0.15, -0.1) is 0 Å². The van der Waals surface area contributed by atoms with Crippen molar-refractivity contribution in [2.45, 2.75) is 32.6 Å². The number of hydrogen-bond acceptors (Lipinski definition) is 3. The van der Waals surface area contributed by atoms with Gasteiger partial charge in [-0.1, -0.05) is 0 Å². The molecule has 1 unspecified atom stereocenters. The lowest BCUT2D eigenvalue weighted by Crippen LogP contribution is -2.10. The van der Waals surface area contributed by atoms with E-state index in [9.17, 15) is 4.79 Å². The smallest absolute Gasteiger partial charge is 0.136 e. The van der Waals surface area contributed by atoms with Crippen LogP contribution >= 0.6 is 0 Å². The van der Waals surface area contributed by atoms with Crippen LogP contribution in [-0.4, -0.2) is 20.0 Å². The van der Waals surface area contributed by atoms with E-state index in [1.165, 1.54) is 0 Å². The standard InChI is InChI=1S/C15H20O3/c1-10-7-15(18-3)12(9-14(10)17-2)8-11-5-4-6-13(11)16/h7,9,11H,4-6,8H2,1-3H3. The minimum Gasteiger partial charge on any atom is -0.496 e. The Morgan fingerprint density at radius 3 is 2.50 bits per heavy atom. The molecular formula is C15H20O3. The zero-order valence-corrected chi connectivity index (χ0v) is 11.3. The van der Waals surface area contributed by atoms with Crippen LogP contribution in [0.25, 0.3) is 0 Å². The number of rotatable bonds is 4. The Hall–Kier alpha value is -1.51. The normalized spacial score (nSPS) is 19.1. The summed E-state index contributed by atoms with van der Waals surface area (Å²) >= 11 is 0. The Bertz CT molecular complexity index is 451. The van der Waals surface area contributed by atoms with Gasteiger partial charge in [-0.25, -0.2) is 0 Å². The summed E-state index contributed by atoms with van der Waals surface area (Å²) < 4.78 is 10.7. The summed E-state index contributed by atoms with van der Waals surface area (Å²) in [4.78, 5) is 11.7. The molecule has 1 fully saturated rings. The first-order valence-electron chi connectivity index (χ1n) is 6.40. The van der Waals surface area contributed by atoms with Crippen LogP contribution in [0.15, 0.2) is 12.1 Å². The second-order valence-electron chi connectivity index (χ2n) is 4.89. The molecule has 0 saturated heterocycles. The number of Topliss-reactive ketones (excluding diaryl/α,β-unsaturated/α-hetero) is 1. The van der Waals surface area contributed by atoms with Crippen molar-refractivity contribution in [3.05, 3.63) is 23.3 Å². The van der Waals surface area contributed by atoms with Crippen molar-refractivity contribution >= 4 is 5.78 Å². The van der Waals surface area contributed by atoms with E-state index in [4.69, 9.17) is 9.47 Å². The molecule has 0 radical (unpaired) electrons. The molecule has 0 bridgehead atoms. The van der Waals surface area contributed by atoms with E-state index >= 15 is 0 Å². The van der Waals surface area contributed by atoms with Gasteiger partial charge in [0.1, 0.15) is 17.3 Å². The fourth-order valence-corrected chi connectivity index (χ4v) is 2.64. The van der Waals surface area contributed by atoms with Gasteiger partial charge in [0.15, 0.2) is 0 Å². The Kier molecular flexibility index (Phi) is 3.90. The number of ether oxygens (including phenoxy) is 2. The summed E-state index contributed by atoms with van der Waals surface area (Å²) in [5.41, 5.74) is 2.12. The van der Waals surface area contributed by atoms with Gasteiger partial charge in [0, 0.05) is 12.3 Å². The highest BCUT2D eigenvalue weighted by atomic mass is 16.5. The lowest BCUT2D eigenvalue weighted by atomic mass is 9.95. The van der Waals surface area contributed by atoms with Crippen molar-refractivity contribution in [3.8, 4) is 11.5 Å². The van der Waals surface area contributed by atoms with Crippen molar-refractivity contribution in [2.24, 2.45) is 5.92 Å². The van der Waals surface area contributed by atoms with Crippen molar-refractivity contribution in [3.63, 3.8) is 0 Å². The minimum absolute atomic E-state index is 0.159. The summed E-state index contributed by atoms with van der Waals surface area (Å²) in [6, 6.07) is 3.98. The fraction of sp³-hybridized carbons (Fsp3) is 0.533. The summed E-state index contributed by atoms with van der Waals surface area (Å²) in [6.07, 6.45) is 3.52. The minimum atomic E-state index is 0.159. The third kappa shape index (κ3) is 2.50. The first-order chi connectivity index (χ1) is 8.65. The van der Waals surface area contributed by atoms with Gasteiger partial charge in [0.25, 0.3) is 0 Å². The van der Waals surface area contributed by atoms with Crippen LogP contribution in [-0.2, 0) is 11.2 Å². The molecule has 1 aromatic carbocycles. The molecule has 1 saturated carbocycles. The van der Waals surface area contributed by atoms with Gasteiger partial charge in [-0.2, -0.15) is 0 Å². The van der Waals surface area contributed by atoms with Crippen molar-refractivity contribution in [1.82, 2.24) is 0 Å². The average Bonchev–Trinajstić information content (AvgIpc) is 2.76. The molecule has 1 aromatic rings. The Balaban J connectivity index is 2.27. The highest BCUT2D eigenvalue weighted by Crippen LogP contribution is 2.33. The van der Waals surface area contributed by atoms with Crippen LogP contribution in [0.1, 0.15) is 30.4 Å². The quantitative estimate of drug-likeness (QED) is 0.822. The molecule has 3 heteroatoms. The number of carbonyl (C=O) groups is 1. The van der Waals surface area contributed by atoms with Gasteiger partial charge in [-0.05, 0) is 49.4 Å². The molecule has 1 atom stereocenters. The highest BCUT2D eigenvalue weighted by molar-refractivity contribution is 5.83. The summed E-state index contributed by atoms with van der Waals surface area (Å²) in [5, 5.41) is 0. The zero-order chi connectivity index (χ0) is 13.1. The molecule has 0 N–H and O–H groups in total. The SMILES string of the molecule is COc1cc(CC2CCCC2=O)c(OC)cc1C. The molecule has 0 amide bonds. The molecule has 1 aliphatic rings. The van der Waals surface area contributed by atoms with Gasteiger partial charge < -0.3 is 9.47 Å². The van der Waals surface area contributed by atoms with E-state index < -0.39 is 0 Å². The van der Waals surface area contributed by atoms with Gasteiger partial charge in [0.05, 0.1) is 14.2 Å². The lowest BCUT2D eigenvalue weighted by molar-refractivity contribution is -0.120. The second kappa shape index (κ2) is 5.42. The van der Waals surface area contributed by atoms with E-state index in [0.717, 1.165) is 48.3 Å². The number of ketones is 1. The van der Waals surface area contributed by atoms with E-state index in [1.807, 2.05) is 19.1 Å². The van der Waals surface area contributed by atoms with Crippen molar-refractivity contribution in [2.75, 3.05) is 14.2 Å². The molecule has 0 heterocycles. The maximum absolute atomic E-state index is 11.7. The molecule has 0 aromatic heterocycles. The van der Waals surface area contributed by atoms with Gasteiger partial charge in [-0.3, -0.25) is 4.79 Å². The number of carbonyl (C=O) groups excluding carboxylic acids is 1. The van der Waals surface area contributed by atoms with E-state index in [0.29, 0.717) is 5.78 Å². The van der Waals surface area contributed by atoms with Crippen LogP contribution in [0.4, 0.5) is 0 Å². The van der Waals surface area contributed by atoms with Crippen LogP contribution in [0.5, 0.6) is 11.5 Å². The van der Waals surface area contributed by atoms with Gasteiger partial charge in [0.2, 0.25) is 0 Å². The van der Waals surface area contributed by atoms with E-state index in [-0.39, 0.29) is 5.92 Å². The molecule has 1 aliphatic carbocycles. The Morgan fingerprint density at radius 1 is 1.22 bits per heavy atom. The molecule has 0 aliphatic heterocycles. The Morgan fingerprint density at radius 2 is 1.94 bits per heavy atom. The topological polar surface area (TPSA) is 35.5 Å². The highest BCUT2D eigenvalue weighted by Gasteiger charge is 2.25. The molecule has 0 spiro atoms. The predicted molar refractivity (Wildman–Crippen MR) is 70.3 cm³/mol. The summed E-state index contributed by atoms with van der Waals surface area (Å²) in [6.45, 7) is 1.99. The maximum atomic E-state index is 11.7. The third-order valence-electron chi connectivity index (χ3n) is 3.70. The molecule has 98 valence electrons. The van der Waals surface area contributed by atoms with Gasteiger partial charge >= 0.3 is 0 Å². The average molecular weight is 248 g/mol. The number of hydrogen-bond donors (Lipinski definition) is 0. The zero-order valence-electron chi connectivity index (χ0n) is 11.3. The fourth-order valence-electron chi connectivity index (χ4n) is 2.64. The second-order valence-corrected chi connectivity index (χ2v) is 4.89. The lowest BCUT2D eigenvalue weighted by Gasteiger charge is -2.15. The number of methoxy groups -OCH3 is 2. The van der Waals surface area contributed by atoms with Crippen LogP contribution in [0.3, 0.4) is 0 Å².